The third-order valence-electron chi connectivity index (χ3n) is 3.78. The molecule has 19 heavy (non-hydrogen) atoms. The standard InChI is InChI=1S/C17H25NO/c1-13-7-14(2)9-16(8-13)12-18-11-15-5-4-6-17(10-15)19-3/h4-7,10,13,16,18H,8-9,11-12H2,1-3H3. The smallest absolute Gasteiger partial charge is 0.119 e. The van der Waals surface area contributed by atoms with Crippen molar-refractivity contribution in [2.24, 2.45) is 11.8 Å². The van der Waals surface area contributed by atoms with E-state index >= 15 is 0 Å². The van der Waals surface area contributed by atoms with Crippen LogP contribution >= 0.6 is 0 Å². The third kappa shape index (κ3) is 4.39. The molecule has 2 nitrogen and oxygen atoms in total. The molecule has 1 aromatic carbocycles. The summed E-state index contributed by atoms with van der Waals surface area (Å²) in [5.41, 5.74) is 2.84. The molecule has 0 saturated heterocycles. The zero-order valence-electron chi connectivity index (χ0n) is 12.3. The van der Waals surface area contributed by atoms with E-state index in [9.17, 15) is 0 Å². The van der Waals surface area contributed by atoms with Gasteiger partial charge in [-0.1, -0.05) is 30.7 Å². The summed E-state index contributed by atoms with van der Waals surface area (Å²) in [6.07, 6.45) is 4.97. The fourth-order valence-corrected chi connectivity index (χ4v) is 3.04. The van der Waals surface area contributed by atoms with Crippen molar-refractivity contribution in [3.63, 3.8) is 0 Å². The molecule has 1 N–H and O–H groups in total. The van der Waals surface area contributed by atoms with Gasteiger partial charge in [0.15, 0.2) is 0 Å². The summed E-state index contributed by atoms with van der Waals surface area (Å²) in [4.78, 5) is 0. The van der Waals surface area contributed by atoms with E-state index < -0.39 is 0 Å². The minimum atomic E-state index is 0.734. The lowest BCUT2D eigenvalue weighted by atomic mass is 9.84. The number of hydrogen-bond donors (Lipinski definition) is 1. The number of rotatable bonds is 5. The average Bonchev–Trinajstić information content (AvgIpc) is 2.38. The fourth-order valence-electron chi connectivity index (χ4n) is 3.04. The van der Waals surface area contributed by atoms with Crippen LogP contribution in [-0.2, 0) is 6.54 Å². The van der Waals surface area contributed by atoms with Crippen LogP contribution in [-0.4, -0.2) is 13.7 Å². The maximum Gasteiger partial charge on any atom is 0.119 e. The first-order valence-electron chi connectivity index (χ1n) is 7.18. The molecule has 0 fully saturated rings. The summed E-state index contributed by atoms with van der Waals surface area (Å²) in [5.74, 6) is 2.45. The van der Waals surface area contributed by atoms with Crippen molar-refractivity contribution in [2.45, 2.75) is 33.2 Å². The van der Waals surface area contributed by atoms with E-state index in [4.69, 9.17) is 4.74 Å². The Morgan fingerprint density at radius 2 is 2.21 bits per heavy atom. The predicted octanol–water partition coefficient (Wildman–Crippen LogP) is 3.78. The molecule has 0 amide bonds. The van der Waals surface area contributed by atoms with Crippen LogP contribution in [0, 0.1) is 11.8 Å². The Labute approximate surface area is 116 Å². The molecule has 2 atom stereocenters. The molecule has 1 aliphatic rings. The van der Waals surface area contributed by atoms with Crippen LogP contribution in [0.5, 0.6) is 5.75 Å². The molecule has 0 radical (unpaired) electrons. The molecule has 0 spiro atoms. The molecule has 0 aromatic heterocycles. The zero-order valence-corrected chi connectivity index (χ0v) is 12.3. The second kappa shape index (κ2) is 6.76. The topological polar surface area (TPSA) is 21.3 Å². The Balaban J connectivity index is 1.79. The van der Waals surface area contributed by atoms with Gasteiger partial charge in [-0.2, -0.15) is 0 Å². The van der Waals surface area contributed by atoms with Crippen LogP contribution in [0.2, 0.25) is 0 Å². The highest BCUT2D eigenvalue weighted by atomic mass is 16.5. The van der Waals surface area contributed by atoms with E-state index in [1.54, 1.807) is 12.7 Å². The maximum absolute atomic E-state index is 5.24. The van der Waals surface area contributed by atoms with Gasteiger partial charge in [0, 0.05) is 6.54 Å². The first kappa shape index (κ1) is 14.1. The van der Waals surface area contributed by atoms with E-state index in [2.05, 4.69) is 37.4 Å². The van der Waals surface area contributed by atoms with Gasteiger partial charge >= 0.3 is 0 Å². The Morgan fingerprint density at radius 1 is 1.37 bits per heavy atom. The van der Waals surface area contributed by atoms with Crippen LogP contribution in [0.25, 0.3) is 0 Å². The van der Waals surface area contributed by atoms with E-state index in [-0.39, 0.29) is 0 Å². The van der Waals surface area contributed by atoms with Gasteiger partial charge in [-0.05, 0) is 55.8 Å². The van der Waals surface area contributed by atoms with Crippen LogP contribution < -0.4 is 10.1 Å². The number of ether oxygens (including phenoxy) is 1. The Hall–Kier alpha value is -1.28. The third-order valence-corrected chi connectivity index (χ3v) is 3.78. The molecule has 0 aliphatic heterocycles. The van der Waals surface area contributed by atoms with Crippen LogP contribution in [0.15, 0.2) is 35.9 Å². The van der Waals surface area contributed by atoms with Crippen LogP contribution in [0.1, 0.15) is 32.3 Å². The van der Waals surface area contributed by atoms with Crippen molar-refractivity contribution >= 4 is 0 Å². The summed E-state index contributed by atoms with van der Waals surface area (Å²) in [6, 6.07) is 8.28. The van der Waals surface area contributed by atoms with Crippen molar-refractivity contribution in [2.75, 3.05) is 13.7 Å². The van der Waals surface area contributed by atoms with Crippen LogP contribution in [0.3, 0.4) is 0 Å². The molecular weight excluding hydrogens is 234 g/mol. The van der Waals surface area contributed by atoms with Gasteiger partial charge in [0.25, 0.3) is 0 Å². The van der Waals surface area contributed by atoms with Crippen LogP contribution in [0.4, 0.5) is 0 Å². The highest BCUT2D eigenvalue weighted by Crippen LogP contribution is 2.27. The van der Waals surface area contributed by atoms with Gasteiger partial charge in [-0.3, -0.25) is 0 Å². The molecule has 0 bridgehead atoms. The number of benzene rings is 1. The Bertz CT molecular complexity index is 439. The molecule has 1 aromatic rings. The van der Waals surface area contributed by atoms with E-state index in [1.807, 2.05) is 12.1 Å². The second-order valence-electron chi connectivity index (χ2n) is 5.78. The van der Waals surface area contributed by atoms with E-state index in [0.29, 0.717) is 0 Å². The van der Waals surface area contributed by atoms with Gasteiger partial charge in [0.2, 0.25) is 0 Å². The molecule has 1 aliphatic carbocycles. The second-order valence-corrected chi connectivity index (χ2v) is 5.78. The number of hydrogen-bond acceptors (Lipinski definition) is 2. The normalized spacial score (nSPS) is 23.0. The Kier molecular flexibility index (Phi) is 5.03. The molecular formula is C17H25NO. The lowest BCUT2D eigenvalue weighted by molar-refractivity contribution is 0.380. The molecule has 0 heterocycles. The van der Waals surface area contributed by atoms with E-state index in [0.717, 1.165) is 30.7 Å². The van der Waals surface area contributed by atoms with Gasteiger partial charge in [0.1, 0.15) is 5.75 Å². The highest BCUT2D eigenvalue weighted by molar-refractivity contribution is 5.28. The lowest BCUT2D eigenvalue weighted by Gasteiger charge is -2.25. The summed E-state index contributed by atoms with van der Waals surface area (Å²) in [7, 11) is 1.71. The molecule has 2 heteroatoms. The van der Waals surface area contributed by atoms with Crippen molar-refractivity contribution in [3.05, 3.63) is 41.5 Å². The van der Waals surface area contributed by atoms with E-state index in [1.165, 1.54) is 18.4 Å². The SMILES string of the molecule is COc1cccc(CNCC2CC(C)=CC(C)C2)c1. The first-order chi connectivity index (χ1) is 9.17. The van der Waals surface area contributed by atoms with Crippen molar-refractivity contribution in [1.82, 2.24) is 5.32 Å². The minimum absolute atomic E-state index is 0.734. The monoisotopic (exact) mass is 259 g/mol. The first-order valence-corrected chi connectivity index (χ1v) is 7.18. The molecule has 104 valence electrons. The highest BCUT2D eigenvalue weighted by Gasteiger charge is 2.17. The number of allylic oxidation sites excluding steroid dienone is 2. The van der Waals surface area contributed by atoms with Gasteiger partial charge in [0.05, 0.1) is 7.11 Å². The number of nitrogens with one attached hydrogen (secondary N) is 1. The average molecular weight is 259 g/mol. The summed E-state index contributed by atoms with van der Waals surface area (Å²) < 4.78 is 5.24. The largest absolute Gasteiger partial charge is 0.497 e. The fraction of sp³-hybridized carbons (Fsp3) is 0.529. The quantitative estimate of drug-likeness (QED) is 0.813. The molecule has 0 saturated carbocycles. The number of methoxy groups -OCH3 is 1. The van der Waals surface area contributed by atoms with Gasteiger partial charge in [-0.25, -0.2) is 0 Å². The summed E-state index contributed by atoms with van der Waals surface area (Å²) in [5, 5.41) is 3.58. The van der Waals surface area contributed by atoms with Crippen molar-refractivity contribution in [1.29, 1.82) is 0 Å². The van der Waals surface area contributed by atoms with Crippen molar-refractivity contribution < 1.29 is 4.74 Å². The maximum atomic E-state index is 5.24. The minimum Gasteiger partial charge on any atom is -0.497 e. The zero-order chi connectivity index (χ0) is 13.7. The summed E-state index contributed by atoms with van der Waals surface area (Å²) in [6.45, 7) is 6.60. The van der Waals surface area contributed by atoms with Gasteiger partial charge < -0.3 is 10.1 Å². The molecule has 2 rings (SSSR count). The lowest BCUT2D eigenvalue weighted by Crippen LogP contribution is -2.25. The van der Waals surface area contributed by atoms with Crippen molar-refractivity contribution in [3.8, 4) is 5.75 Å². The summed E-state index contributed by atoms with van der Waals surface area (Å²) >= 11 is 0. The van der Waals surface area contributed by atoms with Gasteiger partial charge in [-0.15, -0.1) is 0 Å². The predicted molar refractivity (Wildman–Crippen MR) is 80.3 cm³/mol. The molecule has 2 unspecified atom stereocenters. The Morgan fingerprint density at radius 3 is 2.95 bits per heavy atom.